The number of hydrogen-bond donors (Lipinski definition) is 1. The monoisotopic (exact) mass is 165 g/mol. The van der Waals surface area contributed by atoms with Crippen LogP contribution >= 0.6 is 0 Å². The maximum Gasteiger partial charge on any atom is 0.323 e. The average molecular weight is 165 g/mol. The summed E-state index contributed by atoms with van der Waals surface area (Å²) in [6, 6.07) is 6.32. The summed E-state index contributed by atoms with van der Waals surface area (Å²) in [4.78, 5) is 13.8. The van der Waals surface area contributed by atoms with E-state index in [4.69, 9.17) is 5.11 Å². The number of carbonyl (C=O) groups excluding carboxylic acids is 1. The van der Waals surface area contributed by atoms with E-state index in [0.29, 0.717) is 0 Å². The second-order valence-electron chi connectivity index (χ2n) is 2.03. The highest BCUT2D eigenvalue weighted by Crippen LogP contribution is 2.07. The molecule has 0 unspecified atom stereocenters. The zero-order valence-electron chi connectivity index (χ0n) is 6.18. The fourth-order valence-corrected chi connectivity index (χ4v) is 0.677. The van der Waals surface area contributed by atoms with Crippen LogP contribution in [0.3, 0.4) is 0 Å². The Hall–Kier alpha value is -1.84. The number of hydrogen-bond acceptors (Lipinski definition) is 4. The molecule has 0 saturated carbocycles. The Morgan fingerprint density at radius 2 is 2.00 bits per heavy atom. The number of phenols is 1. The van der Waals surface area contributed by atoms with Gasteiger partial charge in [0, 0.05) is 0 Å². The van der Waals surface area contributed by atoms with Gasteiger partial charge in [0.15, 0.2) is 0 Å². The van der Waals surface area contributed by atoms with Crippen molar-refractivity contribution in [1.82, 2.24) is 0 Å². The second-order valence-corrected chi connectivity index (χ2v) is 2.03. The summed E-state index contributed by atoms with van der Waals surface area (Å²) in [6.45, 7) is 0.233. The Bertz CT molecular complexity index is 279. The molecular formula is C8H7NO3. The van der Waals surface area contributed by atoms with E-state index in [0.717, 1.165) is 5.56 Å². The quantitative estimate of drug-likeness (QED) is 0.313. The van der Waals surface area contributed by atoms with Crippen LogP contribution in [0.4, 0.5) is 0 Å². The molecule has 4 nitrogen and oxygen atoms in total. The van der Waals surface area contributed by atoms with Crippen molar-refractivity contribution in [2.75, 3.05) is 0 Å². The van der Waals surface area contributed by atoms with Gasteiger partial charge in [-0.1, -0.05) is 5.16 Å². The summed E-state index contributed by atoms with van der Waals surface area (Å²) in [7, 11) is 0. The molecule has 0 aliphatic carbocycles. The second kappa shape index (κ2) is 4.12. The minimum absolute atomic E-state index is 0.184. The highest BCUT2D eigenvalue weighted by molar-refractivity contribution is 5.79. The van der Waals surface area contributed by atoms with E-state index in [-0.39, 0.29) is 12.2 Å². The van der Waals surface area contributed by atoms with Gasteiger partial charge in [0.2, 0.25) is 0 Å². The van der Waals surface area contributed by atoms with Crippen molar-refractivity contribution in [1.29, 1.82) is 0 Å². The molecule has 0 aromatic heterocycles. The SMILES string of the molecule is O=CO/N=C/c1ccc(O)cc1. The topological polar surface area (TPSA) is 58.9 Å². The van der Waals surface area contributed by atoms with E-state index in [2.05, 4.69) is 9.99 Å². The molecule has 0 atom stereocenters. The summed E-state index contributed by atoms with van der Waals surface area (Å²) < 4.78 is 0. The van der Waals surface area contributed by atoms with E-state index in [1.54, 1.807) is 12.1 Å². The highest BCUT2D eigenvalue weighted by atomic mass is 16.7. The standard InChI is InChI=1S/C8H7NO3/c10-6-12-9-5-7-1-3-8(11)4-2-7/h1-6,11H/b9-5+. The molecule has 1 N–H and O–H groups in total. The largest absolute Gasteiger partial charge is 0.508 e. The minimum atomic E-state index is 0.184. The third kappa shape index (κ3) is 2.42. The molecule has 0 saturated heterocycles. The van der Waals surface area contributed by atoms with Gasteiger partial charge in [-0.15, -0.1) is 0 Å². The maximum atomic E-state index is 9.67. The predicted octanol–water partition coefficient (Wildman–Crippen LogP) is 0.899. The molecule has 0 fully saturated rings. The maximum absolute atomic E-state index is 9.67. The van der Waals surface area contributed by atoms with Gasteiger partial charge in [-0.3, -0.25) is 4.79 Å². The van der Waals surface area contributed by atoms with Gasteiger partial charge < -0.3 is 9.94 Å². The molecule has 0 heterocycles. The molecule has 12 heavy (non-hydrogen) atoms. The summed E-state index contributed by atoms with van der Waals surface area (Å²) in [5, 5.41) is 12.2. The van der Waals surface area contributed by atoms with Crippen LogP contribution in [0.15, 0.2) is 29.4 Å². The van der Waals surface area contributed by atoms with Gasteiger partial charge in [0.1, 0.15) is 5.75 Å². The molecule has 0 spiro atoms. The summed E-state index contributed by atoms with van der Waals surface area (Å²) in [5.41, 5.74) is 0.745. The Balaban J connectivity index is 2.64. The number of phenolic OH excluding ortho intramolecular Hbond substituents is 1. The Labute approximate surface area is 69.1 Å². The first kappa shape index (κ1) is 8.26. The normalized spacial score (nSPS) is 10.0. The fourth-order valence-electron chi connectivity index (χ4n) is 0.677. The van der Waals surface area contributed by atoms with Crippen LogP contribution in [0.2, 0.25) is 0 Å². The van der Waals surface area contributed by atoms with Crippen molar-refractivity contribution in [3.05, 3.63) is 29.8 Å². The molecule has 0 aliphatic rings. The Kier molecular flexibility index (Phi) is 2.84. The first-order valence-corrected chi connectivity index (χ1v) is 3.25. The average Bonchev–Trinajstić information content (AvgIpc) is 2.09. The van der Waals surface area contributed by atoms with Crippen molar-refractivity contribution >= 4 is 12.7 Å². The highest BCUT2D eigenvalue weighted by Gasteiger charge is 1.87. The van der Waals surface area contributed by atoms with Crippen molar-refractivity contribution in [3.63, 3.8) is 0 Å². The molecule has 0 bridgehead atoms. The van der Waals surface area contributed by atoms with Gasteiger partial charge in [0.05, 0.1) is 6.21 Å². The first-order valence-electron chi connectivity index (χ1n) is 3.25. The van der Waals surface area contributed by atoms with Crippen molar-refractivity contribution in [2.45, 2.75) is 0 Å². The fraction of sp³-hybridized carbons (Fsp3) is 0. The lowest BCUT2D eigenvalue weighted by atomic mass is 10.2. The van der Waals surface area contributed by atoms with E-state index in [1.165, 1.54) is 18.3 Å². The smallest absolute Gasteiger partial charge is 0.323 e. The van der Waals surface area contributed by atoms with Crippen LogP contribution in [0.1, 0.15) is 5.56 Å². The lowest BCUT2D eigenvalue weighted by Gasteiger charge is -1.91. The molecule has 0 amide bonds. The number of benzene rings is 1. The van der Waals surface area contributed by atoms with E-state index < -0.39 is 0 Å². The summed E-state index contributed by atoms with van der Waals surface area (Å²) >= 11 is 0. The summed E-state index contributed by atoms with van der Waals surface area (Å²) in [6.07, 6.45) is 1.37. The zero-order chi connectivity index (χ0) is 8.81. The zero-order valence-corrected chi connectivity index (χ0v) is 6.18. The van der Waals surface area contributed by atoms with Gasteiger partial charge in [-0.25, -0.2) is 0 Å². The molecule has 1 aromatic rings. The van der Waals surface area contributed by atoms with Crippen LogP contribution < -0.4 is 0 Å². The number of carbonyl (C=O) groups is 1. The minimum Gasteiger partial charge on any atom is -0.508 e. The van der Waals surface area contributed by atoms with Crippen LogP contribution in [0.5, 0.6) is 5.75 Å². The van der Waals surface area contributed by atoms with Crippen LogP contribution in [-0.2, 0) is 9.63 Å². The molecule has 1 rings (SSSR count). The number of oxime groups is 1. The third-order valence-electron chi connectivity index (χ3n) is 1.20. The number of aromatic hydroxyl groups is 1. The predicted molar refractivity (Wildman–Crippen MR) is 42.8 cm³/mol. The van der Waals surface area contributed by atoms with Gasteiger partial charge in [0.25, 0.3) is 0 Å². The van der Waals surface area contributed by atoms with Gasteiger partial charge >= 0.3 is 6.47 Å². The van der Waals surface area contributed by atoms with Crippen LogP contribution in [0.25, 0.3) is 0 Å². The van der Waals surface area contributed by atoms with E-state index >= 15 is 0 Å². The molecule has 0 aliphatic heterocycles. The van der Waals surface area contributed by atoms with E-state index in [9.17, 15) is 4.79 Å². The van der Waals surface area contributed by atoms with Crippen molar-refractivity contribution < 1.29 is 14.7 Å². The molecular weight excluding hydrogens is 158 g/mol. The molecule has 0 radical (unpaired) electrons. The Morgan fingerprint density at radius 1 is 1.33 bits per heavy atom. The first-order chi connectivity index (χ1) is 5.83. The Morgan fingerprint density at radius 3 is 2.58 bits per heavy atom. The number of rotatable bonds is 3. The molecule has 62 valence electrons. The number of nitrogens with zero attached hydrogens (tertiary/aromatic N) is 1. The molecule has 4 heteroatoms. The van der Waals surface area contributed by atoms with Gasteiger partial charge in [-0.05, 0) is 29.8 Å². The third-order valence-corrected chi connectivity index (χ3v) is 1.20. The van der Waals surface area contributed by atoms with Crippen molar-refractivity contribution in [3.8, 4) is 5.75 Å². The van der Waals surface area contributed by atoms with Crippen molar-refractivity contribution in [2.24, 2.45) is 5.16 Å². The lowest BCUT2D eigenvalue weighted by molar-refractivity contribution is -0.128. The van der Waals surface area contributed by atoms with Crippen LogP contribution in [0, 0.1) is 0 Å². The molecule has 1 aromatic carbocycles. The van der Waals surface area contributed by atoms with Crippen LogP contribution in [-0.4, -0.2) is 17.8 Å². The lowest BCUT2D eigenvalue weighted by Crippen LogP contribution is -1.81. The summed E-state index contributed by atoms with van der Waals surface area (Å²) in [5.74, 6) is 0.184. The van der Waals surface area contributed by atoms with E-state index in [1.807, 2.05) is 0 Å². The van der Waals surface area contributed by atoms with Gasteiger partial charge in [-0.2, -0.15) is 0 Å².